The Bertz CT molecular complexity index is 577. The number of fused-ring (bicyclic) bond motifs is 5. The van der Waals surface area contributed by atoms with Crippen LogP contribution in [-0.4, -0.2) is 11.7 Å². The lowest BCUT2D eigenvalue weighted by atomic mass is 9.52. The molecule has 0 heterocycles. The van der Waals surface area contributed by atoms with Crippen LogP contribution >= 0.6 is 0 Å². The van der Waals surface area contributed by atoms with E-state index >= 15 is 0 Å². The SMILES string of the molecule is Cc1ccc2c(c1)C[C@@H](C)[C@@H]1[C@@H]2CC[C@]2(C)[C@H](CO)CC[C@H]12. The standard InChI is InChI=1S/C21H30O/c1-13-4-6-17-15(10-13)11-14(2)20-18(17)8-9-21(3)16(12-22)5-7-19(20)21/h4,6,10,14,16,18-20,22H,5,7-9,11-12H2,1-3H3/t14-,16+,18-,19-,20-,21-/m1/s1. The predicted octanol–water partition coefficient (Wildman–Crippen LogP) is 4.71. The van der Waals surface area contributed by atoms with Crippen LogP contribution < -0.4 is 0 Å². The summed E-state index contributed by atoms with van der Waals surface area (Å²) in [6, 6.07) is 7.17. The zero-order valence-electron chi connectivity index (χ0n) is 14.3. The largest absolute Gasteiger partial charge is 0.396 e. The van der Waals surface area contributed by atoms with Gasteiger partial charge in [0.2, 0.25) is 0 Å². The second-order valence-corrected chi connectivity index (χ2v) is 8.68. The maximum Gasteiger partial charge on any atom is 0.0464 e. The van der Waals surface area contributed by atoms with Crippen molar-refractivity contribution in [3.05, 3.63) is 34.9 Å². The molecule has 3 aliphatic rings. The maximum absolute atomic E-state index is 9.82. The monoisotopic (exact) mass is 298 g/mol. The number of benzene rings is 1. The lowest BCUT2D eigenvalue weighted by molar-refractivity contribution is -0.00868. The minimum absolute atomic E-state index is 0.395. The zero-order chi connectivity index (χ0) is 15.5. The van der Waals surface area contributed by atoms with E-state index in [1.165, 1.54) is 37.7 Å². The molecule has 22 heavy (non-hydrogen) atoms. The lowest BCUT2D eigenvalue weighted by Crippen LogP contribution is -2.45. The van der Waals surface area contributed by atoms with Crippen molar-refractivity contribution in [2.24, 2.45) is 29.1 Å². The Kier molecular flexibility index (Phi) is 3.41. The minimum atomic E-state index is 0.395. The first-order chi connectivity index (χ1) is 10.5. The van der Waals surface area contributed by atoms with Crippen molar-refractivity contribution in [2.75, 3.05) is 6.61 Å². The summed E-state index contributed by atoms with van der Waals surface area (Å²) in [5, 5.41) is 9.82. The van der Waals surface area contributed by atoms with Crippen LogP contribution in [0.25, 0.3) is 0 Å². The first kappa shape index (κ1) is 14.8. The quantitative estimate of drug-likeness (QED) is 0.796. The van der Waals surface area contributed by atoms with Crippen LogP contribution in [0.5, 0.6) is 0 Å². The first-order valence-electron chi connectivity index (χ1n) is 9.25. The molecule has 1 aromatic rings. The molecular formula is C21H30O. The second-order valence-electron chi connectivity index (χ2n) is 8.68. The maximum atomic E-state index is 9.82. The fourth-order valence-corrected chi connectivity index (χ4v) is 6.52. The molecule has 0 aliphatic heterocycles. The average Bonchev–Trinajstić information content (AvgIpc) is 2.83. The van der Waals surface area contributed by atoms with Crippen LogP contribution in [0, 0.1) is 36.0 Å². The Labute approximate surface area is 135 Å². The Morgan fingerprint density at radius 2 is 2.05 bits per heavy atom. The third-order valence-electron chi connectivity index (χ3n) is 7.65. The molecule has 2 saturated carbocycles. The van der Waals surface area contributed by atoms with Gasteiger partial charge in [0.05, 0.1) is 0 Å². The van der Waals surface area contributed by atoms with Gasteiger partial charge < -0.3 is 5.11 Å². The molecule has 4 rings (SSSR count). The predicted molar refractivity (Wildman–Crippen MR) is 90.9 cm³/mol. The summed E-state index contributed by atoms with van der Waals surface area (Å²) in [6.07, 6.45) is 6.48. The number of hydrogen-bond donors (Lipinski definition) is 1. The Hall–Kier alpha value is -0.820. The molecule has 0 saturated heterocycles. The number of rotatable bonds is 1. The summed E-state index contributed by atoms with van der Waals surface area (Å²) >= 11 is 0. The van der Waals surface area contributed by atoms with Crippen molar-refractivity contribution < 1.29 is 5.11 Å². The molecule has 1 heteroatoms. The highest BCUT2D eigenvalue weighted by atomic mass is 16.3. The van der Waals surface area contributed by atoms with E-state index in [2.05, 4.69) is 39.0 Å². The first-order valence-corrected chi connectivity index (χ1v) is 9.25. The van der Waals surface area contributed by atoms with Gasteiger partial charge in [0.15, 0.2) is 0 Å². The molecule has 1 aromatic carbocycles. The molecule has 0 aromatic heterocycles. The lowest BCUT2D eigenvalue weighted by Gasteiger charge is -2.53. The molecule has 1 nitrogen and oxygen atoms in total. The fraction of sp³-hybridized carbons (Fsp3) is 0.714. The van der Waals surface area contributed by atoms with E-state index < -0.39 is 0 Å². The number of aliphatic hydroxyl groups excluding tert-OH is 1. The van der Waals surface area contributed by atoms with E-state index in [9.17, 15) is 5.11 Å². The topological polar surface area (TPSA) is 20.2 Å². The van der Waals surface area contributed by atoms with E-state index in [4.69, 9.17) is 0 Å². The van der Waals surface area contributed by atoms with Gasteiger partial charge in [0.25, 0.3) is 0 Å². The third-order valence-corrected chi connectivity index (χ3v) is 7.65. The molecule has 6 atom stereocenters. The Balaban J connectivity index is 1.73. The van der Waals surface area contributed by atoms with Crippen molar-refractivity contribution in [1.29, 1.82) is 0 Å². The molecule has 120 valence electrons. The molecule has 1 N–H and O–H groups in total. The molecule has 2 fully saturated rings. The highest BCUT2D eigenvalue weighted by Gasteiger charge is 2.55. The number of hydrogen-bond acceptors (Lipinski definition) is 1. The van der Waals surface area contributed by atoms with Gasteiger partial charge in [-0.25, -0.2) is 0 Å². The number of aliphatic hydroxyl groups is 1. The molecular weight excluding hydrogens is 268 g/mol. The van der Waals surface area contributed by atoms with Crippen LogP contribution in [0.1, 0.15) is 62.1 Å². The summed E-state index contributed by atoms with van der Waals surface area (Å²) in [5.74, 6) is 3.78. The molecule has 0 bridgehead atoms. The minimum Gasteiger partial charge on any atom is -0.396 e. The summed E-state index contributed by atoms with van der Waals surface area (Å²) in [6.45, 7) is 7.59. The zero-order valence-corrected chi connectivity index (χ0v) is 14.3. The van der Waals surface area contributed by atoms with Crippen LogP contribution in [0.3, 0.4) is 0 Å². The van der Waals surface area contributed by atoms with E-state index in [0.717, 1.165) is 23.7 Å². The van der Waals surface area contributed by atoms with E-state index in [1.807, 2.05) is 0 Å². The van der Waals surface area contributed by atoms with Gasteiger partial charge in [-0.15, -0.1) is 0 Å². The molecule has 3 aliphatic carbocycles. The van der Waals surface area contributed by atoms with Gasteiger partial charge in [-0.2, -0.15) is 0 Å². The summed E-state index contributed by atoms with van der Waals surface area (Å²) in [4.78, 5) is 0. The van der Waals surface area contributed by atoms with Gasteiger partial charge in [-0.1, -0.05) is 37.6 Å². The van der Waals surface area contributed by atoms with Crippen LogP contribution in [0.15, 0.2) is 18.2 Å². The summed E-state index contributed by atoms with van der Waals surface area (Å²) in [5.41, 5.74) is 5.08. The van der Waals surface area contributed by atoms with Crippen molar-refractivity contribution in [2.45, 2.75) is 58.8 Å². The van der Waals surface area contributed by atoms with Crippen LogP contribution in [0.4, 0.5) is 0 Å². The van der Waals surface area contributed by atoms with Gasteiger partial charge in [0.1, 0.15) is 0 Å². The van der Waals surface area contributed by atoms with Crippen LogP contribution in [-0.2, 0) is 6.42 Å². The smallest absolute Gasteiger partial charge is 0.0464 e. The molecule has 0 amide bonds. The third kappa shape index (κ3) is 1.94. The normalized spacial score (nSPS) is 43.4. The Morgan fingerprint density at radius 3 is 2.82 bits per heavy atom. The van der Waals surface area contributed by atoms with Crippen molar-refractivity contribution >= 4 is 0 Å². The summed E-state index contributed by atoms with van der Waals surface area (Å²) < 4.78 is 0. The second kappa shape index (κ2) is 5.09. The highest BCUT2D eigenvalue weighted by Crippen LogP contribution is 2.63. The van der Waals surface area contributed by atoms with Crippen molar-refractivity contribution in [1.82, 2.24) is 0 Å². The van der Waals surface area contributed by atoms with Gasteiger partial charge >= 0.3 is 0 Å². The van der Waals surface area contributed by atoms with E-state index in [0.29, 0.717) is 17.9 Å². The van der Waals surface area contributed by atoms with Crippen molar-refractivity contribution in [3.63, 3.8) is 0 Å². The molecule has 0 spiro atoms. The average molecular weight is 298 g/mol. The Morgan fingerprint density at radius 1 is 1.23 bits per heavy atom. The fourth-order valence-electron chi connectivity index (χ4n) is 6.52. The van der Waals surface area contributed by atoms with Gasteiger partial charge in [-0.3, -0.25) is 0 Å². The van der Waals surface area contributed by atoms with E-state index in [-0.39, 0.29) is 0 Å². The van der Waals surface area contributed by atoms with Gasteiger partial charge in [-0.05, 0) is 85.2 Å². The summed E-state index contributed by atoms with van der Waals surface area (Å²) in [7, 11) is 0. The van der Waals surface area contributed by atoms with Crippen LogP contribution in [0.2, 0.25) is 0 Å². The van der Waals surface area contributed by atoms with Crippen molar-refractivity contribution in [3.8, 4) is 0 Å². The number of aryl methyl sites for hydroxylation is 1. The molecule has 0 radical (unpaired) electrons. The highest BCUT2D eigenvalue weighted by molar-refractivity contribution is 5.38. The van der Waals surface area contributed by atoms with E-state index in [1.54, 1.807) is 11.1 Å². The molecule has 0 unspecified atom stereocenters. The van der Waals surface area contributed by atoms with Gasteiger partial charge in [0, 0.05) is 6.61 Å².